The topological polar surface area (TPSA) is 78.4 Å². The number of hydrogen-bond donors (Lipinski definition) is 3. The molecule has 0 aliphatic heterocycles. The summed E-state index contributed by atoms with van der Waals surface area (Å²) in [6.07, 6.45) is 7.82. The van der Waals surface area contributed by atoms with Gasteiger partial charge in [-0.25, -0.2) is 4.79 Å². The predicted molar refractivity (Wildman–Crippen MR) is 76.5 cm³/mol. The number of carboxylic acid groups (broad SMARTS) is 1. The first-order valence-corrected chi connectivity index (χ1v) is 7.90. The molecular formula is C15H26N2O3. The highest BCUT2D eigenvalue weighted by atomic mass is 16.4. The van der Waals surface area contributed by atoms with Gasteiger partial charge < -0.3 is 15.7 Å². The molecule has 0 heterocycles. The third-order valence-corrected chi connectivity index (χ3v) is 4.87. The minimum absolute atomic E-state index is 0.0137. The summed E-state index contributed by atoms with van der Waals surface area (Å²) in [5.74, 6) is -0.448. The van der Waals surface area contributed by atoms with Gasteiger partial charge in [-0.15, -0.1) is 0 Å². The van der Waals surface area contributed by atoms with Crippen molar-refractivity contribution < 1.29 is 14.7 Å². The molecule has 2 unspecified atom stereocenters. The van der Waals surface area contributed by atoms with Gasteiger partial charge in [-0.3, -0.25) is 4.79 Å². The Morgan fingerprint density at radius 2 is 1.85 bits per heavy atom. The zero-order valence-electron chi connectivity index (χ0n) is 12.2. The number of carbonyl (C=O) groups is 2. The summed E-state index contributed by atoms with van der Waals surface area (Å²) in [6, 6.07) is 0.177. The quantitative estimate of drug-likeness (QED) is 0.741. The van der Waals surface area contributed by atoms with Gasteiger partial charge in [-0.05, 0) is 38.0 Å². The number of carbonyl (C=O) groups excluding carboxylic acids is 1. The normalized spacial score (nSPS) is 33.6. The first-order valence-electron chi connectivity index (χ1n) is 7.90. The SMILES string of the molecule is CCC1CCCCC1NC(=O)N[C@H]1CC[C@@H](C(=O)O)C1. The van der Waals surface area contributed by atoms with Crippen LogP contribution in [0.4, 0.5) is 4.79 Å². The van der Waals surface area contributed by atoms with E-state index in [0.717, 1.165) is 19.3 Å². The molecule has 20 heavy (non-hydrogen) atoms. The first-order chi connectivity index (χ1) is 9.60. The van der Waals surface area contributed by atoms with Crippen molar-refractivity contribution in [1.82, 2.24) is 10.6 Å². The monoisotopic (exact) mass is 282 g/mol. The average Bonchev–Trinajstić information content (AvgIpc) is 2.88. The molecule has 0 radical (unpaired) electrons. The number of rotatable bonds is 4. The fourth-order valence-electron chi connectivity index (χ4n) is 3.62. The van der Waals surface area contributed by atoms with E-state index in [0.29, 0.717) is 18.8 Å². The van der Waals surface area contributed by atoms with E-state index in [4.69, 9.17) is 5.11 Å². The average molecular weight is 282 g/mol. The van der Waals surface area contributed by atoms with Crippen LogP contribution >= 0.6 is 0 Å². The van der Waals surface area contributed by atoms with Crippen LogP contribution in [0.1, 0.15) is 58.3 Å². The van der Waals surface area contributed by atoms with Gasteiger partial charge in [0.2, 0.25) is 0 Å². The van der Waals surface area contributed by atoms with Crippen molar-refractivity contribution in [3.63, 3.8) is 0 Å². The minimum Gasteiger partial charge on any atom is -0.481 e. The molecular weight excluding hydrogens is 256 g/mol. The summed E-state index contributed by atoms with van der Waals surface area (Å²) in [4.78, 5) is 22.9. The van der Waals surface area contributed by atoms with Gasteiger partial charge in [0.05, 0.1) is 5.92 Å². The van der Waals surface area contributed by atoms with E-state index < -0.39 is 5.97 Å². The van der Waals surface area contributed by atoms with Crippen molar-refractivity contribution >= 4 is 12.0 Å². The van der Waals surface area contributed by atoms with Gasteiger partial charge >= 0.3 is 12.0 Å². The molecule has 2 amide bonds. The molecule has 0 aromatic heterocycles. The lowest BCUT2D eigenvalue weighted by molar-refractivity contribution is -0.141. The van der Waals surface area contributed by atoms with Crippen molar-refractivity contribution in [3.05, 3.63) is 0 Å². The van der Waals surface area contributed by atoms with E-state index in [1.54, 1.807) is 0 Å². The van der Waals surface area contributed by atoms with Gasteiger partial charge in [0.1, 0.15) is 0 Å². The highest BCUT2D eigenvalue weighted by Crippen LogP contribution is 2.27. The number of carboxylic acids is 1. The van der Waals surface area contributed by atoms with Crippen LogP contribution in [0, 0.1) is 11.8 Å². The maximum Gasteiger partial charge on any atom is 0.315 e. The maximum absolute atomic E-state index is 12.0. The van der Waals surface area contributed by atoms with E-state index in [9.17, 15) is 9.59 Å². The van der Waals surface area contributed by atoms with Gasteiger partial charge in [-0.2, -0.15) is 0 Å². The van der Waals surface area contributed by atoms with Crippen molar-refractivity contribution in [3.8, 4) is 0 Å². The molecule has 0 saturated heterocycles. The van der Waals surface area contributed by atoms with Crippen molar-refractivity contribution in [1.29, 1.82) is 0 Å². The Morgan fingerprint density at radius 3 is 2.50 bits per heavy atom. The lowest BCUT2D eigenvalue weighted by atomic mass is 9.83. The van der Waals surface area contributed by atoms with Crippen LogP contribution < -0.4 is 10.6 Å². The number of amides is 2. The molecule has 4 atom stereocenters. The van der Waals surface area contributed by atoms with E-state index in [1.165, 1.54) is 19.3 Å². The predicted octanol–water partition coefficient (Wildman–Crippen LogP) is 2.51. The fraction of sp³-hybridized carbons (Fsp3) is 0.867. The highest BCUT2D eigenvalue weighted by molar-refractivity contribution is 5.75. The molecule has 5 nitrogen and oxygen atoms in total. The van der Waals surface area contributed by atoms with Crippen LogP contribution in [-0.2, 0) is 4.79 Å². The van der Waals surface area contributed by atoms with Gasteiger partial charge in [0.25, 0.3) is 0 Å². The summed E-state index contributed by atoms with van der Waals surface area (Å²) in [6.45, 7) is 2.18. The molecule has 5 heteroatoms. The molecule has 2 saturated carbocycles. The summed E-state index contributed by atoms with van der Waals surface area (Å²) in [5, 5.41) is 15.0. The standard InChI is InChI=1S/C15H26N2O3/c1-2-10-5-3-4-6-13(10)17-15(20)16-12-8-7-11(9-12)14(18)19/h10-13H,2-9H2,1H3,(H,18,19)(H2,16,17,20)/t10?,11-,12+,13?/m1/s1. The van der Waals surface area contributed by atoms with Crippen LogP contribution in [0.15, 0.2) is 0 Å². The summed E-state index contributed by atoms with van der Waals surface area (Å²) < 4.78 is 0. The van der Waals surface area contributed by atoms with Gasteiger partial charge in [-0.1, -0.05) is 26.2 Å². The smallest absolute Gasteiger partial charge is 0.315 e. The van der Waals surface area contributed by atoms with Crippen LogP contribution in [0.3, 0.4) is 0 Å². The molecule has 114 valence electrons. The molecule has 0 aromatic carbocycles. The number of hydrogen-bond acceptors (Lipinski definition) is 2. The lowest BCUT2D eigenvalue weighted by Crippen LogP contribution is -2.49. The zero-order valence-corrected chi connectivity index (χ0v) is 12.2. The Labute approximate surface area is 120 Å². The molecule has 2 aliphatic rings. The number of urea groups is 1. The van der Waals surface area contributed by atoms with Crippen molar-refractivity contribution in [2.45, 2.75) is 70.4 Å². The fourth-order valence-corrected chi connectivity index (χ4v) is 3.62. The third kappa shape index (κ3) is 3.87. The molecule has 0 aromatic rings. The minimum atomic E-state index is -0.743. The highest BCUT2D eigenvalue weighted by Gasteiger charge is 2.31. The van der Waals surface area contributed by atoms with Gasteiger partial charge in [0.15, 0.2) is 0 Å². The Balaban J connectivity index is 1.76. The number of aliphatic carboxylic acids is 1. The van der Waals surface area contributed by atoms with E-state index >= 15 is 0 Å². The summed E-state index contributed by atoms with van der Waals surface area (Å²) >= 11 is 0. The van der Waals surface area contributed by atoms with Crippen molar-refractivity contribution in [2.24, 2.45) is 11.8 Å². The van der Waals surface area contributed by atoms with Crippen molar-refractivity contribution in [2.75, 3.05) is 0 Å². The number of nitrogens with one attached hydrogen (secondary N) is 2. The molecule has 2 rings (SSSR count). The lowest BCUT2D eigenvalue weighted by Gasteiger charge is -2.31. The van der Waals surface area contributed by atoms with Crippen LogP contribution in [0.2, 0.25) is 0 Å². The second-order valence-electron chi connectivity index (χ2n) is 6.22. The molecule has 0 bridgehead atoms. The second-order valence-corrected chi connectivity index (χ2v) is 6.22. The molecule has 2 fully saturated rings. The largest absolute Gasteiger partial charge is 0.481 e. The molecule has 0 spiro atoms. The summed E-state index contributed by atoms with van der Waals surface area (Å²) in [7, 11) is 0. The van der Waals surface area contributed by atoms with Crippen LogP contribution in [0.5, 0.6) is 0 Å². The Kier molecular flexibility index (Phi) is 5.26. The Bertz CT molecular complexity index is 359. The zero-order chi connectivity index (χ0) is 14.5. The Hall–Kier alpha value is -1.26. The van der Waals surface area contributed by atoms with Gasteiger partial charge in [0, 0.05) is 12.1 Å². The third-order valence-electron chi connectivity index (χ3n) is 4.87. The van der Waals surface area contributed by atoms with Crippen LogP contribution in [0.25, 0.3) is 0 Å². The van der Waals surface area contributed by atoms with Crippen LogP contribution in [-0.4, -0.2) is 29.2 Å². The Morgan fingerprint density at radius 1 is 1.10 bits per heavy atom. The second kappa shape index (κ2) is 6.95. The van der Waals surface area contributed by atoms with E-state index in [-0.39, 0.29) is 24.0 Å². The maximum atomic E-state index is 12.0. The van der Waals surface area contributed by atoms with E-state index in [2.05, 4.69) is 17.6 Å². The summed E-state index contributed by atoms with van der Waals surface area (Å²) in [5.41, 5.74) is 0. The molecule has 2 aliphatic carbocycles. The van der Waals surface area contributed by atoms with E-state index in [1.807, 2.05) is 0 Å². The first kappa shape index (κ1) is 15.1. The molecule has 3 N–H and O–H groups in total.